The Hall–Kier alpha value is -4.55. The van der Waals surface area contributed by atoms with Crippen LogP contribution in [-0.4, -0.2) is 51.0 Å². The summed E-state index contributed by atoms with van der Waals surface area (Å²) >= 11 is 6.76. The van der Waals surface area contributed by atoms with E-state index < -0.39 is 11.5 Å². The average Bonchev–Trinajstić information content (AvgIpc) is 2.96. The quantitative estimate of drug-likeness (QED) is 0.213. The zero-order valence-corrected chi connectivity index (χ0v) is 23.7. The Morgan fingerprint density at radius 1 is 1.20 bits per heavy atom. The fourth-order valence-electron chi connectivity index (χ4n) is 5.34. The Morgan fingerprint density at radius 3 is 2.63 bits per heavy atom. The number of nitrogens with zero attached hydrogens (tertiary/aromatic N) is 6. The van der Waals surface area contributed by atoms with Crippen LogP contribution in [0.5, 0.6) is 0 Å². The van der Waals surface area contributed by atoms with Crippen molar-refractivity contribution in [2.45, 2.75) is 32.7 Å². The highest BCUT2D eigenvalue weighted by molar-refractivity contribution is 6.34. The van der Waals surface area contributed by atoms with Crippen LogP contribution >= 0.6 is 11.6 Å². The molecule has 1 aliphatic rings. The van der Waals surface area contributed by atoms with Gasteiger partial charge in [-0.3, -0.25) is 4.79 Å². The van der Waals surface area contributed by atoms with Gasteiger partial charge in [-0.05, 0) is 42.7 Å². The average molecular weight is 571 g/mol. The van der Waals surface area contributed by atoms with Crippen LogP contribution in [0.3, 0.4) is 0 Å². The molecule has 0 N–H and O–H groups in total. The number of hydrogen-bond acceptors (Lipinski definition) is 5. The Morgan fingerprint density at radius 2 is 1.95 bits per heavy atom. The molecule has 208 valence electrons. The van der Waals surface area contributed by atoms with Crippen LogP contribution < -0.4 is 10.6 Å². The SMILES string of the molecule is [C-]#[N+]c1cccc(F)c1-c1nc2c(cc1Cl)c(N1CCN(C(=O)C=C)C[C@@H]1C)nc(=O)n2-c1ccccc1C(C)C. The largest absolute Gasteiger partial charge is 0.355 e. The normalized spacial score (nSPS) is 15.3. The highest BCUT2D eigenvalue weighted by atomic mass is 35.5. The van der Waals surface area contributed by atoms with Gasteiger partial charge in [0, 0.05) is 31.2 Å². The van der Waals surface area contributed by atoms with Crippen LogP contribution in [-0.2, 0) is 4.79 Å². The summed E-state index contributed by atoms with van der Waals surface area (Å²) in [6.45, 7) is 18.4. The summed E-state index contributed by atoms with van der Waals surface area (Å²) in [5, 5.41) is 0.610. The lowest BCUT2D eigenvalue weighted by molar-refractivity contribution is -0.126. The summed E-state index contributed by atoms with van der Waals surface area (Å²) in [5.41, 5.74) is 1.27. The topological polar surface area (TPSA) is 75.7 Å². The molecule has 0 aliphatic carbocycles. The highest BCUT2D eigenvalue weighted by Gasteiger charge is 2.30. The molecule has 0 unspecified atom stereocenters. The van der Waals surface area contributed by atoms with Gasteiger partial charge in [0.1, 0.15) is 11.6 Å². The number of hydrogen-bond donors (Lipinski definition) is 0. The second-order valence-electron chi connectivity index (χ2n) is 10.2. The van der Waals surface area contributed by atoms with Crippen molar-refractivity contribution in [1.29, 1.82) is 0 Å². The fraction of sp³-hybridized carbons (Fsp3) is 0.258. The molecule has 1 atom stereocenters. The summed E-state index contributed by atoms with van der Waals surface area (Å²) in [6.07, 6.45) is 1.29. The van der Waals surface area contributed by atoms with Crippen molar-refractivity contribution in [3.63, 3.8) is 0 Å². The first-order valence-corrected chi connectivity index (χ1v) is 13.6. The van der Waals surface area contributed by atoms with Gasteiger partial charge >= 0.3 is 5.69 Å². The van der Waals surface area contributed by atoms with E-state index in [1.165, 1.54) is 28.8 Å². The van der Waals surface area contributed by atoms with Gasteiger partial charge in [-0.1, -0.05) is 62.4 Å². The van der Waals surface area contributed by atoms with E-state index >= 15 is 4.39 Å². The minimum Gasteiger partial charge on any atom is -0.350 e. The number of halogens is 2. The zero-order valence-electron chi connectivity index (χ0n) is 22.9. The van der Waals surface area contributed by atoms with Gasteiger partial charge in [-0.15, -0.1) is 0 Å². The van der Waals surface area contributed by atoms with Crippen LogP contribution in [0.25, 0.3) is 32.8 Å². The van der Waals surface area contributed by atoms with Crippen molar-refractivity contribution in [3.05, 3.63) is 99.5 Å². The molecule has 10 heteroatoms. The van der Waals surface area contributed by atoms with Crippen LogP contribution in [0.2, 0.25) is 5.02 Å². The molecule has 1 amide bonds. The fourth-order valence-corrected chi connectivity index (χ4v) is 5.58. The smallest absolute Gasteiger partial charge is 0.350 e. The molecule has 0 saturated carbocycles. The summed E-state index contributed by atoms with van der Waals surface area (Å²) in [5.74, 6) is -0.351. The number of benzene rings is 2. The second-order valence-corrected chi connectivity index (χ2v) is 10.6. The third kappa shape index (κ3) is 4.96. The molecule has 5 rings (SSSR count). The minimum absolute atomic E-state index is 0.0335. The second kappa shape index (κ2) is 11.1. The lowest BCUT2D eigenvalue weighted by Crippen LogP contribution is -2.54. The lowest BCUT2D eigenvalue weighted by Gasteiger charge is -2.40. The molecule has 0 bridgehead atoms. The first-order valence-electron chi connectivity index (χ1n) is 13.2. The molecular formula is C31H28ClFN6O2. The molecule has 1 fully saturated rings. The molecule has 8 nitrogen and oxygen atoms in total. The molecule has 4 aromatic rings. The van der Waals surface area contributed by atoms with E-state index in [1.807, 2.05) is 49.9 Å². The van der Waals surface area contributed by atoms with E-state index in [1.54, 1.807) is 11.0 Å². The van der Waals surface area contributed by atoms with Crippen molar-refractivity contribution < 1.29 is 9.18 Å². The number of anilines is 1. The zero-order chi connectivity index (χ0) is 29.4. The van der Waals surface area contributed by atoms with Crippen molar-refractivity contribution in [3.8, 4) is 16.9 Å². The lowest BCUT2D eigenvalue weighted by atomic mass is 10.0. The molecule has 2 aromatic carbocycles. The van der Waals surface area contributed by atoms with Crippen molar-refractivity contribution >= 4 is 40.0 Å². The molecule has 3 heterocycles. The number of aromatic nitrogens is 3. The Labute approximate surface area is 242 Å². The number of fused-ring (bicyclic) bond motifs is 1. The first kappa shape index (κ1) is 28.0. The van der Waals surface area contributed by atoms with E-state index in [-0.39, 0.29) is 45.5 Å². The molecule has 0 radical (unpaired) electrons. The summed E-state index contributed by atoms with van der Waals surface area (Å²) < 4.78 is 16.6. The molecule has 1 aliphatic heterocycles. The van der Waals surface area contributed by atoms with Crippen molar-refractivity contribution in [2.75, 3.05) is 24.5 Å². The van der Waals surface area contributed by atoms with Gasteiger partial charge in [-0.25, -0.2) is 23.6 Å². The monoisotopic (exact) mass is 570 g/mol. The summed E-state index contributed by atoms with van der Waals surface area (Å²) in [4.78, 5) is 42.6. The van der Waals surface area contributed by atoms with Crippen LogP contribution in [0.1, 0.15) is 32.3 Å². The van der Waals surface area contributed by atoms with Gasteiger partial charge in [0.15, 0.2) is 11.3 Å². The standard InChI is InChI=1S/C31H28ClFN6O2/c1-6-26(40)37-14-15-38(19(4)17-37)29-21-16-22(32)28(27-23(33)11-9-12-24(27)34-5)35-30(21)39(31(41)36-29)25-13-8-7-10-20(25)18(2)3/h6-13,16,18-19H,1,14-15,17H2,2-4H3/t19-/m0/s1. The number of carbonyl (C=O) groups excluding carboxylic acids is 1. The van der Waals surface area contributed by atoms with Crippen molar-refractivity contribution in [1.82, 2.24) is 19.4 Å². The molecule has 0 spiro atoms. The third-order valence-electron chi connectivity index (χ3n) is 7.34. The van der Waals surface area contributed by atoms with E-state index in [0.29, 0.717) is 36.5 Å². The number of piperazine rings is 1. The third-order valence-corrected chi connectivity index (χ3v) is 7.62. The van der Waals surface area contributed by atoms with Gasteiger partial charge in [0.2, 0.25) is 5.91 Å². The van der Waals surface area contributed by atoms with Crippen LogP contribution in [0.4, 0.5) is 15.9 Å². The van der Waals surface area contributed by atoms with Gasteiger partial charge in [-0.2, -0.15) is 4.98 Å². The number of carbonyl (C=O) groups is 1. The highest BCUT2D eigenvalue weighted by Crippen LogP contribution is 2.39. The number of rotatable bonds is 5. The summed E-state index contributed by atoms with van der Waals surface area (Å²) in [7, 11) is 0. The van der Waals surface area contributed by atoms with E-state index in [0.717, 1.165) is 5.56 Å². The molecule has 2 aromatic heterocycles. The minimum atomic E-state index is -0.644. The van der Waals surface area contributed by atoms with E-state index in [4.69, 9.17) is 23.2 Å². The van der Waals surface area contributed by atoms with Gasteiger partial charge in [0.05, 0.1) is 28.4 Å². The maximum atomic E-state index is 15.2. The van der Waals surface area contributed by atoms with E-state index in [9.17, 15) is 9.59 Å². The Kier molecular flexibility index (Phi) is 7.61. The molecule has 1 saturated heterocycles. The van der Waals surface area contributed by atoms with Crippen LogP contribution in [0.15, 0.2) is 66.0 Å². The van der Waals surface area contributed by atoms with Crippen molar-refractivity contribution in [2.24, 2.45) is 0 Å². The van der Waals surface area contributed by atoms with Crippen LogP contribution in [0, 0.1) is 12.4 Å². The summed E-state index contributed by atoms with van der Waals surface area (Å²) in [6, 6.07) is 13.1. The predicted octanol–water partition coefficient (Wildman–Crippen LogP) is 6.14. The first-order chi connectivity index (χ1) is 19.7. The van der Waals surface area contributed by atoms with E-state index in [2.05, 4.69) is 16.4 Å². The number of para-hydroxylation sites is 1. The molecule has 41 heavy (non-hydrogen) atoms. The van der Waals surface area contributed by atoms with Gasteiger partial charge in [0.25, 0.3) is 0 Å². The maximum absolute atomic E-state index is 15.2. The molecular weight excluding hydrogens is 543 g/mol. The Bertz CT molecular complexity index is 1790. The van der Waals surface area contributed by atoms with Gasteiger partial charge < -0.3 is 9.80 Å². The Balaban J connectivity index is 1.82. The predicted molar refractivity (Wildman–Crippen MR) is 159 cm³/mol. The number of amides is 1. The number of pyridine rings is 1. The maximum Gasteiger partial charge on any atom is 0.355 e.